The summed E-state index contributed by atoms with van der Waals surface area (Å²) in [4.78, 5) is 5.62. The molecule has 0 N–H and O–H groups in total. The minimum atomic E-state index is -0.101. The highest BCUT2D eigenvalue weighted by atomic mass is 15.2. The van der Waals surface area contributed by atoms with Gasteiger partial charge in [-0.1, -0.05) is 156 Å². The number of aryl methyl sites for hydroxylation is 2. The molecule has 2 nitrogen and oxygen atoms in total. The molecule has 0 bridgehead atoms. The third kappa shape index (κ3) is 7.12. The van der Waals surface area contributed by atoms with Gasteiger partial charge < -0.3 is 9.80 Å². The van der Waals surface area contributed by atoms with Crippen LogP contribution in [0.4, 0.5) is 34.1 Å². The van der Waals surface area contributed by atoms with Crippen LogP contribution in [0.15, 0.2) is 60.7 Å². The fourth-order valence-corrected chi connectivity index (χ4v) is 15.0. The molecule has 71 heavy (non-hydrogen) atoms. The molecule has 0 saturated carbocycles. The van der Waals surface area contributed by atoms with Crippen LogP contribution in [0, 0.1) is 13.8 Å². The highest BCUT2D eigenvalue weighted by molar-refractivity contribution is 7.00. The summed E-state index contributed by atoms with van der Waals surface area (Å²) in [6, 6.07) is 26.8. The van der Waals surface area contributed by atoms with Crippen molar-refractivity contribution >= 4 is 57.2 Å². The Bertz CT molecular complexity index is 2920. The second kappa shape index (κ2) is 14.7. The van der Waals surface area contributed by atoms with Crippen molar-refractivity contribution in [2.75, 3.05) is 9.80 Å². The van der Waals surface area contributed by atoms with E-state index in [1.807, 2.05) is 0 Å². The molecule has 2 heterocycles. The van der Waals surface area contributed by atoms with E-state index in [-0.39, 0.29) is 55.4 Å². The van der Waals surface area contributed by atoms with Crippen LogP contribution in [0.5, 0.6) is 0 Å². The van der Waals surface area contributed by atoms with Gasteiger partial charge in [0.2, 0.25) is 0 Å². The van der Waals surface area contributed by atoms with Gasteiger partial charge in [-0.05, 0) is 228 Å². The lowest BCUT2D eigenvalue weighted by Gasteiger charge is -2.50. The van der Waals surface area contributed by atoms with Gasteiger partial charge in [0, 0.05) is 34.1 Å². The normalized spacial score (nSPS) is 22.8. The molecule has 0 unspecified atom stereocenters. The quantitative estimate of drug-likeness (QED) is 0.159. The summed E-state index contributed by atoms with van der Waals surface area (Å²) in [6.45, 7) is 52.4. The number of anilines is 6. The largest absolute Gasteiger partial charge is 0.311 e. The minimum Gasteiger partial charge on any atom is -0.311 e. The van der Waals surface area contributed by atoms with Crippen LogP contribution in [0.3, 0.4) is 0 Å². The number of benzene rings is 5. The molecule has 0 fully saturated rings. The monoisotopic (exact) mass is 945 g/mol. The highest BCUT2D eigenvalue weighted by Crippen LogP contribution is 2.57. The van der Waals surface area contributed by atoms with Crippen molar-refractivity contribution in [3.05, 3.63) is 122 Å². The van der Waals surface area contributed by atoms with E-state index in [1.165, 1.54) is 152 Å². The molecule has 5 aromatic rings. The fourth-order valence-electron chi connectivity index (χ4n) is 15.0. The molecule has 0 aromatic heterocycles. The zero-order valence-electron chi connectivity index (χ0n) is 48.4. The molecule has 0 radical (unpaired) electrons. The summed E-state index contributed by atoms with van der Waals surface area (Å²) >= 11 is 0. The lowest BCUT2D eigenvalue weighted by Crippen LogP contribution is -2.62. The molecule has 0 spiro atoms. The van der Waals surface area contributed by atoms with Crippen molar-refractivity contribution in [1.29, 1.82) is 0 Å². The van der Waals surface area contributed by atoms with Crippen LogP contribution in [0.2, 0.25) is 0 Å². The maximum atomic E-state index is 2.81. The Labute approximate surface area is 432 Å². The summed E-state index contributed by atoms with van der Waals surface area (Å²) in [5, 5.41) is 0. The Morgan fingerprint density at radius 3 is 0.831 bits per heavy atom. The van der Waals surface area contributed by atoms with Crippen LogP contribution in [-0.4, -0.2) is 6.71 Å². The van der Waals surface area contributed by atoms with Gasteiger partial charge in [0.1, 0.15) is 0 Å². The van der Waals surface area contributed by atoms with Crippen LogP contribution in [0.25, 0.3) is 0 Å². The summed E-state index contributed by atoms with van der Waals surface area (Å²) in [5.74, 6) is 0. The molecule has 5 aromatic carbocycles. The topological polar surface area (TPSA) is 6.48 Å². The van der Waals surface area contributed by atoms with Gasteiger partial charge in [-0.15, -0.1) is 0 Å². The number of hydrogen-bond donors (Lipinski definition) is 0. The van der Waals surface area contributed by atoms with Gasteiger partial charge in [0.05, 0.1) is 0 Å². The number of fused-ring (bicyclic) bond motifs is 8. The number of rotatable bonds is 2. The molecule has 374 valence electrons. The van der Waals surface area contributed by atoms with E-state index in [4.69, 9.17) is 0 Å². The van der Waals surface area contributed by atoms with Crippen molar-refractivity contribution in [1.82, 2.24) is 0 Å². The molecule has 0 amide bonds. The molecule has 11 rings (SSSR count). The first-order valence-electron chi connectivity index (χ1n) is 28.1. The van der Waals surface area contributed by atoms with Crippen LogP contribution < -0.4 is 26.2 Å². The second-order valence-corrected chi connectivity index (χ2v) is 30.6. The van der Waals surface area contributed by atoms with E-state index in [9.17, 15) is 0 Å². The van der Waals surface area contributed by atoms with E-state index < -0.39 is 0 Å². The SMILES string of the molecule is Cc1cc2c(cc1N1c3cc4c(cc3B3c5cc6c(cc5N(c5cc7c(cc5C)C(C)(C)CCC7(C)C)c5cc(C(C)(C)C)cc1c53)C(C)(C)CCC6(C)C)C(C)(C)CCC4(C)C)C(C)(C)CCC2(C)C. The Kier molecular flexibility index (Phi) is 10.2. The number of hydrogen-bond acceptors (Lipinski definition) is 2. The molecule has 0 atom stereocenters. The number of nitrogens with zero attached hydrogens (tertiary/aromatic N) is 2. The van der Waals surface area contributed by atoms with Crippen molar-refractivity contribution in [3.63, 3.8) is 0 Å². The van der Waals surface area contributed by atoms with E-state index >= 15 is 0 Å². The Morgan fingerprint density at radius 2 is 0.563 bits per heavy atom. The summed E-state index contributed by atoms with van der Waals surface area (Å²) in [7, 11) is 0. The predicted molar refractivity (Wildman–Crippen MR) is 310 cm³/mol. The van der Waals surface area contributed by atoms with E-state index in [2.05, 4.69) is 216 Å². The first-order valence-corrected chi connectivity index (χ1v) is 28.1. The minimum absolute atomic E-state index is 0.0590. The standard InChI is InChI=1S/C68H89BN2/c1-40-30-43-47(65(14,15)26-22-61(43,6)7)36-53(40)70-55-38-49-45(63(10,11)24-28-67(49,18)19)34-51(55)69-52-35-46-50(68(20,21)29-25-64(46,12)13)39-56(52)71(58-33-42(60(3,4)5)32-57(70)59(58)69)54-37-48-44(31-41(54)2)62(8,9)23-27-66(48,16)17/h30-39H,22-29H2,1-21H3. The third-order valence-electron chi connectivity index (χ3n) is 20.7. The van der Waals surface area contributed by atoms with Crippen LogP contribution >= 0.6 is 0 Å². The van der Waals surface area contributed by atoms with Crippen molar-refractivity contribution in [2.45, 2.75) is 245 Å². The van der Waals surface area contributed by atoms with Crippen LogP contribution in [-0.2, 0) is 48.7 Å². The maximum absolute atomic E-state index is 2.81. The van der Waals surface area contributed by atoms with Gasteiger partial charge in [-0.3, -0.25) is 0 Å². The van der Waals surface area contributed by atoms with Crippen molar-refractivity contribution in [3.8, 4) is 0 Å². The summed E-state index contributed by atoms with van der Waals surface area (Å²) in [5.41, 5.74) is 29.5. The third-order valence-corrected chi connectivity index (χ3v) is 20.7. The fraction of sp³-hybridized carbons (Fsp3) is 0.559. The second-order valence-electron chi connectivity index (χ2n) is 30.6. The Morgan fingerprint density at radius 1 is 0.324 bits per heavy atom. The first-order chi connectivity index (χ1) is 32.6. The average Bonchev–Trinajstić information content (AvgIpc) is 3.26. The van der Waals surface area contributed by atoms with Crippen molar-refractivity contribution < 1.29 is 0 Å². The van der Waals surface area contributed by atoms with E-state index in [1.54, 1.807) is 11.1 Å². The molecule has 0 saturated heterocycles. The van der Waals surface area contributed by atoms with Gasteiger partial charge in [0.15, 0.2) is 0 Å². The molecule has 3 heteroatoms. The lowest BCUT2D eigenvalue weighted by atomic mass is 9.32. The van der Waals surface area contributed by atoms with Gasteiger partial charge >= 0.3 is 0 Å². The lowest BCUT2D eigenvalue weighted by molar-refractivity contribution is 0.331. The molecule has 6 aliphatic rings. The summed E-state index contributed by atoms with van der Waals surface area (Å²) in [6.07, 6.45) is 9.57. The van der Waals surface area contributed by atoms with E-state index in [0.717, 1.165) is 0 Å². The zero-order valence-corrected chi connectivity index (χ0v) is 48.4. The smallest absolute Gasteiger partial charge is 0.252 e. The van der Waals surface area contributed by atoms with Gasteiger partial charge in [0.25, 0.3) is 6.71 Å². The molecular formula is C68H89BN2. The zero-order chi connectivity index (χ0) is 51.5. The van der Waals surface area contributed by atoms with Crippen molar-refractivity contribution in [2.24, 2.45) is 0 Å². The van der Waals surface area contributed by atoms with Gasteiger partial charge in [-0.2, -0.15) is 0 Å². The molecular weight excluding hydrogens is 856 g/mol. The Hall–Kier alpha value is -4.24. The van der Waals surface area contributed by atoms with E-state index in [0.29, 0.717) is 0 Å². The maximum Gasteiger partial charge on any atom is 0.252 e. The highest BCUT2D eigenvalue weighted by Gasteiger charge is 2.50. The van der Waals surface area contributed by atoms with Gasteiger partial charge in [-0.25, -0.2) is 0 Å². The summed E-state index contributed by atoms with van der Waals surface area (Å²) < 4.78 is 0. The predicted octanol–water partition coefficient (Wildman–Crippen LogP) is 17.1. The first kappa shape index (κ1) is 49.0. The van der Waals surface area contributed by atoms with Crippen LogP contribution in [0.1, 0.15) is 244 Å². The molecule has 4 aliphatic carbocycles. The molecule has 2 aliphatic heterocycles. The Balaban J connectivity index is 1.33. The average molecular weight is 945 g/mol.